The number of aromatic nitrogens is 2. The highest BCUT2D eigenvalue weighted by Crippen LogP contribution is 2.20. The van der Waals surface area contributed by atoms with E-state index in [-0.39, 0.29) is 5.91 Å². The van der Waals surface area contributed by atoms with E-state index in [4.69, 9.17) is 5.73 Å². The first kappa shape index (κ1) is 19.1. The average molecular weight is 368 g/mol. The van der Waals surface area contributed by atoms with E-state index in [1.807, 2.05) is 44.2 Å². The molecule has 1 aromatic heterocycles. The maximum Gasteiger partial charge on any atom is 0.251 e. The molecule has 1 amide bonds. The summed E-state index contributed by atoms with van der Waals surface area (Å²) in [6.07, 6.45) is 2.02. The summed E-state index contributed by atoms with van der Waals surface area (Å²) in [4.78, 5) is 23.5. The van der Waals surface area contributed by atoms with Crippen LogP contribution in [-0.2, 0) is 6.54 Å². The SMILES string of the molecule is CCNc1cc(CNC(=O)c2ccc(N3CCC(N)CC3)cc2)nc(C)n1. The third-order valence-electron chi connectivity index (χ3n) is 4.71. The van der Waals surface area contributed by atoms with Crippen LogP contribution in [0.4, 0.5) is 11.5 Å². The normalized spacial score (nSPS) is 14.9. The van der Waals surface area contributed by atoms with Crippen LogP contribution in [-0.4, -0.2) is 41.6 Å². The number of nitrogens with one attached hydrogen (secondary N) is 2. The molecular formula is C20H28N6O. The van der Waals surface area contributed by atoms with Crippen LogP contribution in [0.1, 0.15) is 41.6 Å². The summed E-state index contributed by atoms with van der Waals surface area (Å²) in [7, 11) is 0. The van der Waals surface area contributed by atoms with E-state index < -0.39 is 0 Å². The molecule has 27 heavy (non-hydrogen) atoms. The van der Waals surface area contributed by atoms with Crippen molar-refractivity contribution in [1.82, 2.24) is 15.3 Å². The number of rotatable bonds is 6. The van der Waals surface area contributed by atoms with Crippen molar-refractivity contribution in [3.05, 3.63) is 47.4 Å². The Morgan fingerprint density at radius 2 is 1.93 bits per heavy atom. The lowest BCUT2D eigenvalue weighted by Gasteiger charge is -2.32. The maximum atomic E-state index is 12.4. The van der Waals surface area contributed by atoms with Gasteiger partial charge in [0.05, 0.1) is 12.2 Å². The summed E-state index contributed by atoms with van der Waals surface area (Å²) in [5, 5.41) is 6.10. The van der Waals surface area contributed by atoms with Crippen molar-refractivity contribution in [1.29, 1.82) is 0 Å². The van der Waals surface area contributed by atoms with Gasteiger partial charge >= 0.3 is 0 Å². The van der Waals surface area contributed by atoms with Crippen LogP contribution in [0.3, 0.4) is 0 Å². The van der Waals surface area contributed by atoms with Crippen molar-refractivity contribution < 1.29 is 4.79 Å². The molecule has 1 aromatic carbocycles. The summed E-state index contributed by atoms with van der Waals surface area (Å²) in [5.74, 6) is 1.35. The summed E-state index contributed by atoms with van der Waals surface area (Å²) in [6.45, 7) is 6.95. The Morgan fingerprint density at radius 3 is 2.59 bits per heavy atom. The van der Waals surface area contributed by atoms with E-state index >= 15 is 0 Å². The van der Waals surface area contributed by atoms with Gasteiger partial charge in [0.2, 0.25) is 0 Å². The summed E-state index contributed by atoms with van der Waals surface area (Å²) >= 11 is 0. The zero-order valence-corrected chi connectivity index (χ0v) is 16.0. The van der Waals surface area contributed by atoms with Gasteiger partial charge in [0.25, 0.3) is 5.91 Å². The van der Waals surface area contributed by atoms with E-state index in [2.05, 4.69) is 25.5 Å². The highest BCUT2D eigenvalue weighted by Gasteiger charge is 2.16. The van der Waals surface area contributed by atoms with Gasteiger partial charge in [0.15, 0.2) is 0 Å². The van der Waals surface area contributed by atoms with Crippen LogP contribution in [0, 0.1) is 6.92 Å². The van der Waals surface area contributed by atoms with Crippen LogP contribution in [0.15, 0.2) is 30.3 Å². The van der Waals surface area contributed by atoms with E-state index in [1.54, 1.807) is 0 Å². The Kier molecular flexibility index (Phi) is 6.24. The second-order valence-corrected chi connectivity index (χ2v) is 6.88. The Bertz CT molecular complexity index is 769. The molecule has 0 bridgehead atoms. The van der Waals surface area contributed by atoms with Crippen LogP contribution in [0.5, 0.6) is 0 Å². The number of aryl methyl sites for hydroxylation is 1. The lowest BCUT2D eigenvalue weighted by molar-refractivity contribution is 0.0950. The van der Waals surface area contributed by atoms with Gasteiger partial charge in [-0.15, -0.1) is 0 Å². The molecule has 0 radical (unpaired) electrons. The number of anilines is 2. The predicted octanol–water partition coefficient (Wildman–Crippen LogP) is 2.07. The van der Waals surface area contributed by atoms with Gasteiger partial charge in [-0.2, -0.15) is 0 Å². The largest absolute Gasteiger partial charge is 0.371 e. The fourth-order valence-electron chi connectivity index (χ4n) is 3.25. The maximum absolute atomic E-state index is 12.4. The zero-order valence-electron chi connectivity index (χ0n) is 16.0. The van der Waals surface area contributed by atoms with Gasteiger partial charge in [-0.1, -0.05) is 0 Å². The molecule has 1 saturated heterocycles. The summed E-state index contributed by atoms with van der Waals surface area (Å²) in [6, 6.07) is 9.92. The third kappa shape index (κ3) is 5.17. The fraction of sp³-hybridized carbons (Fsp3) is 0.450. The molecule has 0 unspecified atom stereocenters. The number of carbonyl (C=O) groups excluding carboxylic acids is 1. The second kappa shape index (κ2) is 8.81. The molecule has 144 valence electrons. The highest BCUT2D eigenvalue weighted by molar-refractivity contribution is 5.94. The molecule has 2 aromatic rings. The van der Waals surface area contributed by atoms with Crippen molar-refractivity contribution >= 4 is 17.4 Å². The van der Waals surface area contributed by atoms with Crippen LogP contribution >= 0.6 is 0 Å². The molecule has 2 heterocycles. The quantitative estimate of drug-likeness (QED) is 0.722. The van der Waals surface area contributed by atoms with E-state index in [9.17, 15) is 4.79 Å². The van der Waals surface area contributed by atoms with Crippen LogP contribution in [0.2, 0.25) is 0 Å². The third-order valence-corrected chi connectivity index (χ3v) is 4.71. The number of amides is 1. The van der Waals surface area contributed by atoms with Gasteiger partial charge in [0, 0.05) is 43.0 Å². The lowest BCUT2D eigenvalue weighted by Crippen LogP contribution is -2.39. The van der Waals surface area contributed by atoms with Crippen molar-refractivity contribution in [3.63, 3.8) is 0 Å². The molecule has 0 spiro atoms. The minimum Gasteiger partial charge on any atom is -0.371 e. The van der Waals surface area contributed by atoms with Gasteiger partial charge in [-0.3, -0.25) is 4.79 Å². The van der Waals surface area contributed by atoms with Crippen LogP contribution < -0.4 is 21.3 Å². The topological polar surface area (TPSA) is 96.2 Å². The van der Waals surface area contributed by atoms with Gasteiger partial charge < -0.3 is 21.3 Å². The molecule has 1 fully saturated rings. The molecular weight excluding hydrogens is 340 g/mol. The van der Waals surface area contributed by atoms with Crippen molar-refractivity contribution in [3.8, 4) is 0 Å². The Labute approximate surface area is 160 Å². The molecule has 1 aliphatic heterocycles. The van der Waals surface area contributed by atoms with E-state index in [0.29, 0.717) is 24.0 Å². The number of piperidine rings is 1. The first-order valence-electron chi connectivity index (χ1n) is 9.52. The molecule has 7 nitrogen and oxygen atoms in total. The monoisotopic (exact) mass is 368 g/mol. The Balaban J connectivity index is 1.58. The molecule has 7 heteroatoms. The fourth-order valence-corrected chi connectivity index (χ4v) is 3.25. The highest BCUT2D eigenvalue weighted by atomic mass is 16.1. The van der Waals surface area contributed by atoms with Crippen molar-refractivity contribution in [2.45, 2.75) is 39.3 Å². The predicted molar refractivity (Wildman–Crippen MR) is 108 cm³/mol. The average Bonchev–Trinajstić information content (AvgIpc) is 2.67. The molecule has 0 atom stereocenters. The molecule has 3 rings (SSSR count). The number of nitrogens with zero attached hydrogens (tertiary/aromatic N) is 3. The first-order chi connectivity index (χ1) is 13.0. The van der Waals surface area contributed by atoms with E-state index in [1.165, 1.54) is 0 Å². The molecule has 1 aliphatic rings. The Hall–Kier alpha value is -2.67. The minimum atomic E-state index is -0.108. The van der Waals surface area contributed by atoms with Crippen LogP contribution in [0.25, 0.3) is 0 Å². The Morgan fingerprint density at radius 1 is 1.22 bits per heavy atom. The summed E-state index contributed by atoms with van der Waals surface area (Å²) in [5.41, 5.74) is 8.53. The van der Waals surface area contributed by atoms with Gasteiger partial charge in [-0.25, -0.2) is 9.97 Å². The number of nitrogens with two attached hydrogens (primary N) is 1. The van der Waals surface area contributed by atoms with E-state index in [0.717, 1.165) is 49.7 Å². The van der Waals surface area contributed by atoms with Crippen molar-refractivity contribution in [2.75, 3.05) is 29.9 Å². The number of benzene rings is 1. The second-order valence-electron chi connectivity index (χ2n) is 6.88. The number of carbonyl (C=O) groups is 1. The zero-order chi connectivity index (χ0) is 19.2. The minimum absolute atomic E-state index is 0.108. The number of hydrogen-bond donors (Lipinski definition) is 3. The lowest BCUT2D eigenvalue weighted by atomic mass is 10.0. The smallest absolute Gasteiger partial charge is 0.251 e. The summed E-state index contributed by atoms with van der Waals surface area (Å²) < 4.78 is 0. The van der Waals surface area contributed by atoms with Crippen molar-refractivity contribution in [2.24, 2.45) is 5.73 Å². The first-order valence-corrected chi connectivity index (χ1v) is 9.52. The molecule has 0 aliphatic carbocycles. The molecule has 0 saturated carbocycles. The van der Waals surface area contributed by atoms with Gasteiger partial charge in [0.1, 0.15) is 11.6 Å². The number of hydrogen-bond acceptors (Lipinski definition) is 6. The molecule has 4 N–H and O–H groups in total. The van der Waals surface area contributed by atoms with Gasteiger partial charge in [-0.05, 0) is 51.0 Å². The standard InChI is InChI=1S/C20H28N6O/c1-3-22-19-12-17(24-14(2)25-19)13-23-20(27)15-4-6-18(7-5-15)26-10-8-16(21)9-11-26/h4-7,12,16H,3,8-11,13,21H2,1-2H3,(H,23,27)(H,22,24,25).